The lowest BCUT2D eigenvalue weighted by atomic mass is 9.86. The Kier molecular flexibility index (Phi) is 5.77. The molecule has 1 saturated carbocycles. The maximum Gasteiger partial charge on any atom is 0.0331 e. The summed E-state index contributed by atoms with van der Waals surface area (Å²) in [6, 6.07) is 0.806. The second-order valence-corrected chi connectivity index (χ2v) is 5.26. The van der Waals surface area contributed by atoms with Gasteiger partial charge in [-0.3, -0.25) is 4.90 Å². The predicted octanol–water partition coefficient (Wildman–Crippen LogP) is 3.16. The standard InChI is InChI=1S/C14H30N2/c1-4-11-14(5-2,12-15)16(6-3)13-9-7-8-10-13/h13H,4-12,15H2,1-3H3. The van der Waals surface area contributed by atoms with Crippen molar-refractivity contribution in [2.75, 3.05) is 13.1 Å². The van der Waals surface area contributed by atoms with Crippen LogP contribution in [0.25, 0.3) is 0 Å². The Morgan fingerprint density at radius 3 is 2.19 bits per heavy atom. The van der Waals surface area contributed by atoms with Crippen LogP contribution in [-0.2, 0) is 0 Å². The number of nitrogens with zero attached hydrogens (tertiary/aromatic N) is 1. The van der Waals surface area contributed by atoms with E-state index in [1.165, 1.54) is 44.9 Å². The van der Waals surface area contributed by atoms with E-state index >= 15 is 0 Å². The van der Waals surface area contributed by atoms with Gasteiger partial charge in [-0.15, -0.1) is 0 Å². The fraction of sp³-hybridized carbons (Fsp3) is 1.00. The summed E-state index contributed by atoms with van der Waals surface area (Å²) in [5, 5.41) is 0. The Balaban J connectivity index is 2.78. The molecular formula is C14H30N2. The van der Waals surface area contributed by atoms with Gasteiger partial charge in [0.1, 0.15) is 0 Å². The zero-order chi connectivity index (χ0) is 12.0. The summed E-state index contributed by atoms with van der Waals surface area (Å²) in [5.41, 5.74) is 6.38. The van der Waals surface area contributed by atoms with E-state index in [2.05, 4.69) is 25.7 Å². The van der Waals surface area contributed by atoms with Crippen molar-refractivity contribution in [1.82, 2.24) is 4.90 Å². The monoisotopic (exact) mass is 226 g/mol. The maximum absolute atomic E-state index is 6.11. The first kappa shape index (κ1) is 14.0. The van der Waals surface area contributed by atoms with Crippen LogP contribution in [0.2, 0.25) is 0 Å². The van der Waals surface area contributed by atoms with E-state index in [4.69, 9.17) is 5.73 Å². The van der Waals surface area contributed by atoms with Crippen LogP contribution in [0.4, 0.5) is 0 Å². The number of rotatable bonds is 7. The molecule has 1 unspecified atom stereocenters. The summed E-state index contributed by atoms with van der Waals surface area (Å²) in [7, 11) is 0. The van der Waals surface area contributed by atoms with Crippen LogP contribution in [0.1, 0.15) is 65.7 Å². The molecule has 2 nitrogen and oxygen atoms in total. The molecule has 1 aliphatic carbocycles. The number of nitrogens with two attached hydrogens (primary N) is 1. The molecule has 0 heterocycles. The third kappa shape index (κ3) is 2.78. The average Bonchev–Trinajstić information content (AvgIpc) is 2.82. The van der Waals surface area contributed by atoms with Gasteiger partial charge in [-0.05, 0) is 32.2 Å². The van der Waals surface area contributed by atoms with E-state index in [9.17, 15) is 0 Å². The Morgan fingerprint density at radius 2 is 1.81 bits per heavy atom. The summed E-state index contributed by atoms with van der Waals surface area (Å²) in [6.45, 7) is 8.87. The number of hydrogen-bond acceptors (Lipinski definition) is 2. The van der Waals surface area contributed by atoms with E-state index in [0.717, 1.165) is 19.1 Å². The van der Waals surface area contributed by atoms with Gasteiger partial charge >= 0.3 is 0 Å². The molecule has 1 fully saturated rings. The number of hydrogen-bond donors (Lipinski definition) is 1. The van der Waals surface area contributed by atoms with Gasteiger partial charge in [-0.2, -0.15) is 0 Å². The molecule has 0 bridgehead atoms. The van der Waals surface area contributed by atoms with Crippen molar-refractivity contribution in [1.29, 1.82) is 0 Å². The molecule has 0 radical (unpaired) electrons. The molecule has 0 aromatic rings. The van der Waals surface area contributed by atoms with Crippen LogP contribution in [0, 0.1) is 0 Å². The third-order valence-corrected chi connectivity index (χ3v) is 4.47. The first-order valence-corrected chi connectivity index (χ1v) is 7.20. The minimum atomic E-state index is 0.276. The molecular weight excluding hydrogens is 196 g/mol. The van der Waals surface area contributed by atoms with Crippen LogP contribution in [-0.4, -0.2) is 29.6 Å². The minimum absolute atomic E-state index is 0.276. The Bertz CT molecular complexity index is 181. The SMILES string of the molecule is CCCC(CC)(CN)N(CC)C1CCCC1. The molecule has 0 aromatic carbocycles. The normalized spacial score (nSPS) is 21.6. The van der Waals surface area contributed by atoms with Gasteiger partial charge in [0.2, 0.25) is 0 Å². The quantitative estimate of drug-likeness (QED) is 0.722. The van der Waals surface area contributed by atoms with Crippen molar-refractivity contribution >= 4 is 0 Å². The lowest BCUT2D eigenvalue weighted by Gasteiger charge is -2.46. The van der Waals surface area contributed by atoms with Crippen molar-refractivity contribution in [3.05, 3.63) is 0 Å². The highest BCUT2D eigenvalue weighted by Crippen LogP contribution is 2.33. The van der Waals surface area contributed by atoms with Crippen molar-refractivity contribution in [2.24, 2.45) is 5.73 Å². The van der Waals surface area contributed by atoms with Crippen LogP contribution in [0.5, 0.6) is 0 Å². The minimum Gasteiger partial charge on any atom is -0.329 e. The van der Waals surface area contributed by atoms with Crippen LogP contribution < -0.4 is 5.73 Å². The highest BCUT2D eigenvalue weighted by atomic mass is 15.2. The second kappa shape index (κ2) is 6.61. The number of likely N-dealkylation sites (N-methyl/N-ethyl adjacent to an activating group) is 1. The lowest BCUT2D eigenvalue weighted by molar-refractivity contribution is 0.0433. The summed E-state index contributed by atoms with van der Waals surface area (Å²) >= 11 is 0. The molecule has 0 amide bonds. The molecule has 1 aliphatic rings. The van der Waals surface area contributed by atoms with Gasteiger partial charge in [-0.1, -0.05) is 40.0 Å². The molecule has 2 heteroatoms. The Hall–Kier alpha value is -0.0800. The van der Waals surface area contributed by atoms with Crippen LogP contribution in [0.3, 0.4) is 0 Å². The van der Waals surface area contributed by atoms with E-state index in [1.54, 1.807) is 0 Å². The van der Waals surface area contributed by atoms with E-state index in [0.29, 0.717) is 0 Å². The Morgan fingerprint density at radius 1 is 1.19 bits per heavy atom. The van der Waals surface area contributed by atoms with E-state index < -0.39 is 0 Å². The molecule has 2 N–H and O–H groups in total. The van der Waals surface area contributed by atoms with Gasteiger partial charge in [-0.25, -0.2) is 0 Å². The first-order valence-electron chi connectivity index (χ1n) is 7.20. The van der Waals surface area contributed by atoms with Gasteiger partial charge in [0.05, 0.1) is 0 Å². The third-order valence-electron chi connectivity index (χ3n) is 4.47. The molecule has 1 atom stereocenters. The van der Waals surface area contributed by atoms with Crippen molar-refractivity contribution in [2.45, 2.75) is 77.3 Å². The fourth-order valence-electron chi connectivity index (χ4n) is 3.55. The highest BCUT2D eigenvalue weighted by molar-refractivity contribution is 4.94. The first-order chi connectivity index (χ1) is 7.74. The summed E-state index contributed by atoms with van der Waals surface area (Å²) in [6.07, 6.45) is 9.30. The van der Waals surface area contributed by atoms with Gasteiger partial charge in [0.25, 0.3) is 0 Å². The topological polar surface area (TPSA) is 29.3 Å². The summed E-state index contributed by atoms with van der Waals surface area (Å²) < 4.78 is 0. The largest absolute Gasteiger partial charge is 0.329 e. The van der Waals surface area contributed by atoms with Gasteiger partial charge < -0.3 is 5.73 Å². The smallest absolute Gasteiger partial charge is 0.0331 e. The predicted molar refractivity (Wildman–Crippen MR) is 71.6 cm³/mol. The van der Waals surface area contributed by atoms with Crippen molar-refractivity contribution in [3.63, 3.8) is 0 Å². The van der Waals surface area contributed by atoms with Gasteiger partial charge in [0.15, 0.2) is 0 Å². The molecule has 0 spiro atoms. The molecule has 0 aliphatic heterocycles. The zero-order valence-corrected chi connectivity index (χ0v) is 11.5. The molecule has 0 saturated heterocycles. The Labute approximate surface area is 102 Å². The van der Waals surface area contributed by atoms with Gasteiger partial charge in [0, 0.05) is 18.1 Å². The van der Waals surface area contributed by atoms with Crippen molar-refractivity contribution in [3.8, 4) is 0 Å². The summed E-state index contributed by atoms with van der Waals surface area (Å²) in [5.74, 6) is 0. The average molecular weight is 226 g/mol. The molecule has 96 valence electrons. The second-order valence-electron chi connectivity index (χ2n) is 5.26. The van der Waals surface area contributed by atoms with E-state index in [-0.39, 0.29) is 5.54 Å². The zero-order valence-electron chi connectivity index (χ0n) is 11.5. The highest BCUT2D eigenvalue weighted by Gasteiger charge is 2.37. The molecule has 1 rings (SSSR count). The maximum atomic E-state index is 6.11. The van der Waals surface area contributed by atoms with Crippen LogP contribution >= 0.6 is 0 Å². The molecule has 16 heavy (non-hydrogen) atoms. The summed E-state index contributed by atoms with van der Waals surface area (Å²) in [4.78, 5) is 2.73. The fourth-order valence-corrected chi connectivity index (χ4v) is 3.55. The van der Waals surface area contributed by atoms with Crippen LogP contribution in [0.15, 0.2) is 0 Å². The molecule has 0 aromatic heterocycles. The van der Waals surface area contributed by atoms with Crippen molar-refractivity contribution < 1.29 is 0 Å². The van der Waals surface area contributed by atoms with E-state index in [1.807, 2.05) is 0 Å². The lowest BCUT2D eigenvalue weighted by Crippen LogP contribution is -2.56.